The van der Waals surface area contributed by atoms with Crippen LogP contribution in [0.25, 0.3) is 0 Å². The van der Waals surface area contributed by atoms with Crippen LogP contribution < -0.4 is 10.0 Å². The SMILES string of the molecule is Cc1ccnc(NC(=O)c2ccccc2NS(C)(=O)=O)c1. The van der Waals surface area contributed by atoms with E-state index in [0.717, 1.165) is 11.8 Å². The highest BCUT2D eigenvalue weighted by Crippen LogP contribution is 2.18. The van der Waals surface area contributed by atoms with Crippen molar-refractivity contribution in [2.75, 3.05) is 16.3 Å². The molecule has 1 heterocycles. The summed E-state index contributed by atoms with van der Waals surface area (Å²) in [5.74, 6) is -0.0194. The zero-order valence-electron chi connectivity index (χ0n) is 11.6. The van der Waals surface area contributed by atoms with Gasteiger partial charge in [0.25, 0.3) is 5.91 Å². The van der Waals surface area contributed by atoms with Crippen LogP contribution in [0.2, 0.25) is 0 Å². The van der Waals surface area contributed by atoms with Gasteiger partial charge in [0.05, 0.1) is 17.5 Å². The van der Waals surface area contributed by atoms with Crippen molar-refractivity contribution < 1.29 is 13.2 Å². The number of rotatable bonds is 4. The maximum Gasteiger partial charge on any atom is 0.258 e. The number of hydrogen-bond donors (Lipinski definition) is 2. The van der Waals surface area contributed by atoms with Crippen molar-refractivity contribution in [1.82, 2.24) is 4.98 Å². The average Bonchev–Trinajstić information content (AvgIpc) is 2.37. The molecule has 1 aromatic heterocycles. The summed E-state index contributed by atoms with van der Waals surface area (Å²) in [5.41, 5.74) is 1.42. The average molecular weight is 305 g/mol. The van der Waals surface area contributed by atoms with Gasteiger partial charge in [-0.05, 0) is 36.8 Å². The predicted octanol–water partition coefficient (Wildman–Crippen LogP) is 2.01. The summed E-state index contributed by atoms with van der Waals surface area (Å²) in [6.07, 6.45) is 2.62. The number of para-hydroxylation sites is 1. The molecule has 0 saturated carbocycles. The monoisotopic (exact) mass is 305 g/mol. The molecule has 0 aliphatic heterocycles. The topological polar surface area (TPSA) is 88.2 Å². The quantitative estimate of drug-likeness (QED) is 0.904. The Bertz CT molecular complexity index is 773. The molecule has 0 bridgehead atoms. The number of pyridine rings is 1. The first-order valence-electron chi connectivity index (χ1n) is 6.16. The summed E-state index contributed by atoms with van der Waals surface area (Å²) < 4.78 is 25.0. The van der Waals surface area contributed by atoms with Gasteiger partial charge in [0.1, 0.15) is 5.82 Å². The van der Waals surface area contributed by atoms with Gasteiger partial charge in [-0.1, -0.05) is 12.1 Å². The van der Waals surface area contributed by atoms with E-state index in [2.05, 4.69) is 15.0 Å². The van der Waals surface area contributed by atoms with E-state index < -0.39 is 15.9 Å². The van der Waals surface area contributed by atoms with E-state index in [1.54, 1.807) is 30.5 Å². The summed E-state index contributed by atoms with van der Waals surface area (Å²) in [6, 6.07) is 9.92. The van der Waals surface area contributed by atoms with Crippen LogP contribution in [0.4, 0.5) is 11.5 Å². The van der Waals surface area contributed by atoms with Crippen molar-refractivity contribution in [1.29, 1.82) is 0 Å². The lowest BCUT2D eigenvalue weighted by atomic mass is 10.1. The Labute approximate surface area is 123 Å². The van der Waals surface area contributed by atoms with Gasteiger partial charge in [0.15, 0.2) is 0 Å². The molecule has 0 radical (unpaired) electrons. The van der Waals surface area contributed by atoms with E-state index in [9.17, 15) is 13.2 Å². The number of nitrogens with one attached hydrogen (secondary N) is 2. The van der Waals surface area contributed by atoms with Crippen LogP contribution in [-0.2, 0) is 10.0 Å². The number of aryl methyl sites for hydroxylation is 1. The van der Waals surface area contributed by atoms with E-state index in [1.165, 1.54) is 6.07 Å². The summed E-state index contributed by atoms with van der Waals surface area (Å²) in [6.45, 7) is 1.89. The van der Waals surface area contributed by atoms with Gasteiger partial charge < -0.3 is 5.32 Å². The molecule has 1 aromatic carbocycles. The molecule has 21 heavy (non-hydrogen) atoms. The third-order valence-electron chi connectivity index (χ3n) is 2.62. The molecule has 2 rings (SSSR count). The minimum Gasteiger partial charge on any atom is -0.306 e. The Hall–Kier alpha value is -2.41. The van der Waals surface area contributed by atoms with Crippen LogP contribution in [0.15, 0.2) is 42.6 Å². The zero-order chi connectivity index (χ0) is 15.5. The van der Waals surface area contributed by atoms with Gasteiger partial charge in [0, 0.05) is 6.20 Å². The second kappa shape index (κ2) is 5.92. The maximum atomic E-state index is 12.2. The third-order valence-corrected chi connectivity index (χ3v) is 3.21. The summed E-state index contributed by atoms with van der Waals surface area (Å²) >= 11 is 0. The second-order valence-electron chi connectivity index (χ2n) is 4.59. The van der Waals surface area contributed by atoms with Crippen molar-refractivity contribution in [3.8, 4) is 0 Å². The fourth-order valence-corrected chi connectivity index (χ4v) is 2.34. The number of benzene rings is 1. The Morgan fingerprint density at radius 1 is 1.19 bits per heavy atom. The minimum atomic E-state index is -3.46. The lowest BCUT2D eigenvalue weighted by Crippen LogP contribution is -2.18. The Morgan fingerprint density at radius 2 is 1.90 bits per heavy atom. The molecule has 6 nitrogen and oxygen atoms in total. The van der Waals surface area contributed by atoms with Gasteiger partial charge in [0.2, 0.25) is 10.0 Å². The van der Waals surface area contributed by atoms with Crippen LogP contribution in [-0.4, -0.2) is 25.6 Å². The van der Waals surface area contributed by atoms with Crippen molar-refractivity contribution in [3.05, 3.63) is 53.7 Å². The molecule has 0 unspecified atom stereocenters. The molecule has 0 aliphatic carbocycles. The highest BCUT2D eigenvalue weighted by Gasteiger charge is 2.14. The number of hydrogen-bond acceptors (Lipinski definition) is 4. The number of carbonyl (C=O) groups excluding carboxylic acids is 1. The standard InChI is InChI=1S/C14H15N3O3S/c1-10-7-8-15-13(9-10)16-14(18)11-5-3-4-6-12(11)17-21(2,19)20/h3-9,17H,1-2H3,(H,15,16,18). The van der Waals surface area contributed by atoms with Gasteiger partial charge >= 0.3 is 0 Å². The molecule has 0 atom stereocenters. The molecule has 110 valence electrons. The summed E-state index contributed by atoms with van der Waals surface area (Å²) in [7, 11) is -3.46. The van der Waals surface area contributed by atoms with Gasteiger partial charge in [-0.2, -0.15) is 0 Å². The van der Waals surface area contributed by atoms with Crippen LogP contribution in [0.3, 0.4) is 0 Å². The largest absolute Gasteiger partial charge is 0.306 e. The molecule has 0 fully saturated rings. The normalized spacial score (nSPS) is 11.0. The molecule has 0 saturated heterocycles. The molecule has 0 aliphatic rings. The number of aromatic nitrogens is 1. The fraction of sp³-hybridized carbons (Fsp3) is 0.143. The van der Waals surface area contributed by atoms with E-state index in [-0.39, 0.29) is 11.3 Å². The first kappa shape index (κ1) is 15.0. The highest BCUT2D eigenvalue weighted by atomic mass is 32.2. The summed E-state index contributed by atoms with van der Waals surface area (Å²) in [5, 5.41) is 2.64. The van der Waals surface area contributed by atoms with Crippen LogP contribution in [0, 0.1) is 6.92 Å². The van der Waals surface area contributed by atoms with Crippen molar-refractivity contribution in [2.24, 2.45) is 0 Å². The van der Waals surface area contributed by atoms with Crippen molar-refractivity contribution in [3.63, 3.8) is 0 Å². The third kappa shape index (κ3) is 4.28. The van der Waals surface area contributed by atoms with E-state index >= 15 is 0 Å². The second-order valence-corrected chi connectivity index (χ2v) is 6.34. The number of carbonyl (C=O) groups is 1. The molecule has 0 spiro atoms. The highest BCUT2D eigenvalue weighted by molar-refractivity contribution is 7.92. The molecule has 2 aromatic rings. The molecule has 1 amide bonds. The van der Waals surface area contributed by atoms with Crippen LogP contribution in [0.1, 0.15) is 15.9 Å². The van der Waals surface area contributed by atoms with Gasteiger partial charge in [-0.3, -0.25) is 9.52 Å². The number of amides is 1. The fourth-order valence-electron chi connectivity index (χ4n) is 1.76. The first-order valence-corrected chi connectivity index (χ1v) is 8.05. The summed E-state index contributed by atoms with van der Waals surface area (Å²) in [4.78, 5) is 16.3. The lowest BCUT2D eigenvalue weighted by molar-refractivity contribution is 0.102. The lowest BCUT2D eigenvalue weighted by Gasteiger charge is -2.10. The number of sulfonamides is 1. The molecular weight excluding hydrogens is 290 g/mol. The van der Waals surface area contributed by atoms with Crippen molar-refractivity contribution in [2.45, 2.75) is 6.92 Å². The Morgan fingerprint density at radius 3 is 2.57 bits per heavy atom. The Balaban J connectivity index is 2.27. The molecular formula is C14H15N3O3S. The van der Waals surface area contributed by atoms with Crippen LogP contribution >= 0.6 is 0 Å². The number of nitrogens with zero attached hydrogens (tertiary/aromatic N) is 1. The first-order chi connectivity index (χ1) is 9.85. The molecule has 2 N–H and O–H groups in total. The van der Waals surface area contributed by atoms with Crippen LogP contribution in [0.5, 0.6) is 0 Å². The van der Waals surface area contributed by atoms with Crippen molar-refractivity contribution >= 4 is 27.4 Å². The predicted molar refractivity (Wildman–Crippen MR) is 81.8 cm³/mol. The number of anilines is 2. The maximum absolute atomic E-state index is 12.2. The van der Waals surface area contributed by atoms with Gasteiger partial charge in [-0.25, -0.2) is 13.4 Å². The van der Waals surface area contributed by atoms with E-state index in [4.69, 9.17) is 0 Å². The van der Waals surface area contributed by atoms with E-state index in [1.807, 2.05) is 13.0 Å². The smallest absolute Gasteiger partial charge is 0.258 e. The minimum absolute atomic E-state index is 0.227. The van der Waals surface area contributed by atoms with Gasteiger partial charge in [-0.15, -0.1) is 0 Å². The molecule has 7 heteroatoms. The Kier molecular flexibility index (Phi) is 4.23. The van der Waals surface area contributed by atoms with E-state index in [0.29, 0.717) is 5.82 Å². The zero-order valence-corrected chi connectivity index (χ0v) is 12.4.